The number of hydrogen-bond donors (Lipinski definition) is 2. The number of ether oxygens (including phenoxy) is 1. The molecule has 12 nitrogen and oxygen atoms in total. The van der Waals surface area contributed by atoms with Gasteiger partial charge < -0.3 is 29.6 Å². The van der Waals surface area contributed by atoms with Gasteiger partial charge >= 0.3 is 0 Å². The van der Waals surface area contributed by atoms with E-state index in [1.807, 2.05) is 4.90 Å². The monoisotopic (exact) mass is 534 g/mol. The maximum Gasteiger partial charge on any atom is 0.293 e. The molecule has 204 valence electrons. The van der Waals surface area contributed by atoms with Gasteiger partial charge in [-0.05, 0) is 49.9 Å². The summed E-state index contributed by atoms with van der Waals surface area (Å²) in [5.41, 5.74) is 1.24. The van der Waals surface area contributed by atoms with Gasteiger partial charge in [-0.1, -0.05) is 0 Å². The van der Waals surface area contributed by atoms with E-state index >= 15 is 0 Å². The largest absolute Gasteiger partial charge is 0.447 e. The summed E-state index contributed by atoms with van der Waals surface area (Å²) in [6.07, 6.45) is 5.66. The second-order valence-electron chi connectivity index (χ2n) is 9.87. The number of amides is 4. The lowest BCUT2D eigenvalue weighted by Crippen LogP contribution is -2.49. The molecule has 4 heterocycles. The van der Waals surface area contributed by atoms with Gasteiger partial charge in [0.15, 0.2) is 5.58 Å². The number of aromatic nitrogens is 2. The molecule has 5 rings (SSSR count). The molecule has 0 bridgehead atoms. The Morgan fingerprint density at radius 3 is 2.46 bits per heavy atom. The number of rotatable bonds is 6. The summed E-state index contributed by atoms with van der Waals surface area (Å²) in [7, 11) is 3.22. The third-order valence-electron chi connectivity index (χ3n) is 7.08. The van der Waals surface area contributed by atoms with Crippen molar-refractivity contribution in [2.45, 2.75) is 31.7 Å². The maximum atomic E-state index is 13.4. The summed E-state index contributed by atoms with van der Waals surface area (Å²) >= 11 is 0. The average molecular weight is 535 g/mol. The van der Waals surface area contributed by atoms with E-state index in [9.17, 15) is 19.2 Å². The maximum absolute atomic E-state index is 13.4. The van der Waals surface area contributed by atoms with E-state index in [4.69, 9.17) is 9.15 Å². The number of nitrogens with one attached hydrogen (secondary N) is 2. The molecule has 1 aliphatic carbocycles. The predicted octanol–water partition coefficient (Wildman–Crippen LogP) is 2.53. The number of anilines is 2. The van der Waals surface area contributed by atoms with Gasteiger partial charge in [0.05, 0.1) is 6.61 Å². The molecule has 3 aromatic heterocycles. The smallest absolute Gasteiger partial charge is 0.293 e. The number of carbonyl (C=O) groups is 4. The zero-order valence-electron chi connectivity index (χ0n) is 21.8. The van der Waals surface area contributed by atoms with Gasteiger partial charge in [0, 0.05) is 50.7 Å². The molecule has 0 aromatic carbocycles. The van der Waals surface area contributed by atoms with Crippen LogP contribution in [-0.2, 0) is 14.3 Å². The van der Waals surface area contributed by atoms with Crippen molar-refractivity contribution >= 4 is 46.1 Å². The number of hydrogen-bond acceptors (Lipinski definition) is 8. The molecule has 2 N–H and O–H groups in total. The third kappa shape index (κ3) is 5.60. The third-order valence-corrected chi connectivity index (χ3v) is 7.08. The molecular weight excluding hydrogens is 504 g/mol. The van der Waals surface area contributed by atoms with E-state index in [1.54, 1.807) is 44.7 Å². The Labute approximate surface area is 224 Å². The van der Waals surface area contributed by atoms with Gasteiger partial charge in [-0.3, -0.25) is 24.2 Å². The number of pyridine rings is 2. The molecule has 0 atom stereocenters. The summed E-state index contributed by atoms with van der Waals surface area (Å²) < 4.78 is 11.1. The first-order chi connectivity index (χ1) is 18.8. The van der Waals surface area contributed by atoms with Crippen molar-refractivity contribution in [3.05, 3.63) is 48.1 Å². The number of nitrogens with zero attached hydrogens (tertiary/aromatic N) is 4. The molecule has 3 aromatic rings. The van der Waals surface area contributed by atoms with E-state index in [-0.39, 0.29) is 64.5 Å². The first-order valence-corrected chi connectivity index (χ1v) is 12.9. The molecule has 1 aliphatic heterocycles. The quantitative estimate of drug-likeness (QED) is 0.490. The van der Waals surface area contributed by atoms with Crippen molar-refractivity contribution in [1.82, 2.24) is 19.8 Å². The van der Waals surface area contributed by atoms with Gasteiger partial charge in [0.1, 0.15) is 23.5 Å². The predicted molar refractivity (Wildman–Crippen MR) is 141 cm³/mol. The Morgan fingerprint density at radius 1 is 1.03 bits per heavy atom. The first kappa shape index (κ1) is 26.3. The minimum absolute atomic E-state index is 0.0157. The highest BCUT2D eigenvalue weighted by atomic mass is 16.5. The highest BCUT2D eigenvalue weighted by Crippen LogP contribution is 2.34. The second-order valence-corrected chi connectivity index (χ2v) is 9.87. The molecule has 0 spiro atoms. The molecule has 12 heteroatoms. The van der Waals surface area contributed by atoms with Crippen molar-refractivity contribution in [3.63, 3.8) is 0 Å². The number of furan rings is 1. The zero-order valence-corrected chi connectivity index (χ0v) is 21.8. The summed E-state index contributed by atoms with van der Waals surface area (Å²) in [6.45, 7) is 1.19. The summed E-state index contributed by atoms with van der Waals surface area (Å²) in [6, 6.07) is 6.41. The highest BCUT2D eigenvalue weighted by Gasteiger charge is 2.34. The van der Waals surface area contributed by atoms with E-state index in [0.29, 0.717) is 44.5 Å². The molecular formula is C27H30N6O6. The average Bonchev–Trinajstić information content (AvgIpc) is 3.31. The first-order valence-electron chi connectivity index (χ1n) is 12.9. The van der Waals surface area contributed by atoms with E-state index in [1.165, 1.54) is 11.0 Å². The fourth-order valence-electron chi connectivity index (χ4n) is 5.01. The molecule has 4 amide bonds. The van der Waals surface area contributed by atoms with Crippen molar-refractivity contribution in [1.29, 1.82) is 0 Å². The normalized spacial score (nSPS) is 19.5. The summed E-state index contributed by atoms with van der Waals surface area (Å²) in [5, 5.41) is 5.61. The van der Waals surface area contributed by atoms with E-state index in [0.717, 1.165) is 0 Å². The summed E-state index contributed by atoms with van der Waals surface area (Å²) in [4.78, 5) is 63.1. The Balaban J connectivity index is 1.39. The second kappa shape index (κ2) is 11.2. The van der Waals surface area contributed by atoms with Crippen LogP contribution in [0.25, 0.3) is 11.1 Å². The van der Waals surface area contributed by atoms with Crippen molar-refractivity contribution in [2.24, 2.45) is 5.92 Å². The minimum atomic E-state index is -0.579. The van der Waals surface area contributed by atoms with Crippen LogP contribution in [0, 0.1) is 5.92 Å². The molecule has 2 aliphatic rings. The number of carbonyl (C=O) groups excluding carboxylic acids is 4. The van der Waals surface area contributed by atoms with Gasteiger partial charge in [-0.15, -0.1) is 0 Å². The van der Waals surface area contributed by atoms with E-state index < -0.39 is 5.91 Å². The Bertz CT molecular complexity index is 1400. The van der Waals surface area contributed by atoms with E-state index in [2.05, 4.69) is 20.6 Å². The standard InChI is InChI=1S/C27H30N6O6/c1-32(2)27(37)19-7-8-20-22(30-19)23(24(39-20)26(36)29-17-9-11-28-12-10-17)31-25(35)16-3-5-18(6-4-16)33-13-14-38-15-21(33)34/h7-12,16,18H,3-6,13-15H2,1-2H3,(H,31,35)(H,28,29,36)/t16-,18-. The number of morpholine rings is 1. The van der Waals surface area contributed by atoms with Crippen LogP contribution in [0.1, 0.15) is 46.7 Å². The van der Waals surface area contributed by atoms with Crippen LogP contribution >= 0.6 is 0 Å². The van der Waals surface area contributed by atoms with Crippen LogP contribution < -0.4 is 10.6 Å². The van der Waals surface area contributed by atoms with Crippen molar-refractivity contribution < 1.29 is 28.3 Å². The van der Waals surface area contributed by atoms with Crippen molar-refractivity contribution in [3.8, 4) is 0 Å². The fourth-order valence-corrected chi connectivity index (χ4v) is 5.01. The zero-order chi connectivity index (χ0) is 27.5. The molecule has 1 saturated carbocycles. The molecule has 1 saturated heterocycles. The fraction of sp³-hybridized carbons (Fsp3) is 0.407. The van der Waals surface area contributed by atoms with Gasteiger partial charge in [0.2, 0.25) is 17.6 Å². The Hall–Kier alpha value is -4.32. The molecule has 39 heavy (non-hydrogen) atoms. The lowest BCUT2D eigenvalue weighted by atomic mass is 9.84. The molecule has 2 fully saturated rings. The van der Waals surface area contributed by atoms with Crippen molar-refractivity contribution in [2.75, 3.05) is 44.5 Å². The molecule has 0 radical (unpaired) electrons. The van der Waals surface area contributed by atoms with Crippen LogP contribution in [0.2, 0.25) is 0 Å². The number of fused-ring (bicyclic) bond motifs is 1. The lowest BCUT2D eigenvalue weighted by molar-refractivity contribution is -0.146. The van der Waals surface area contributed by atoms with Crippen LogP contribution in [0.3, 0.4) is 0 Å². The summed E-state index contributed by atoms with van der Waals surface area (Å²) in [5.74, 6) is -1.63. The van der Waals surface area contributed by atoms with Crippen LogP contribution in [0.15, 0.2) is 41.1 Å². The van der Waals surface area contributed by atoms with Crippen LogP contribution in [0.5, 0.6) is 0 Å². The Kier molecular flexibility index (Phi) is 7.55. The van der Waals surface area contributed by atoms with Gasteiger partial charge in [0.25, 0.3) is 11.8 Å². The Morgan fingerprint density at radius 2 is 1.77 bits per heavy atom. The topological polar surface area (TPSA) is 147 Å². The minimum Gasteiger partial charge on any atom is -0.447 e. The van der Waals surface area contributed by atoms with Crippen LogP contribution in [-0.4, -0.2) is 83.3 Å². The lowest BCUT2D eigenvalue weighted by Gasteiger charge is -2.38. The SMILES string of the molecule is CN(C)C(=O)c1ccc2oc(C(=O)Nc3ccncc3)c(NC(=O)[C@H]3CC[C@H](N4CCOCC4=O)CC3)c2n1. The van der Waals surface area contributed by atoms with Gasteiger partial charge in [-0.2, -0.15) is 0 Å². The van der Waals surface area contributed by atoms with Gasteiger partial charge in [-0.25, -0.2) is 4.98 Å². The van der Waals surface area contributed by atoms with Crippen LogP contribution in [0.4, 0.5) is 11.4 Å². The molecule has 0 unspecified atom stereocenters. The highest BCUT2D eigenvalue weighted by molar-refractivity contribution is 6.14.